The Morgan fingerprint density at radius 2 is 1.86 bits per heavy atom. The van der Waals surface area contributed by atoms with E-state index in [1.807, 2.05) is 12.2 Å². The van der Waals surface area contributed by atoms with E-state index in [1.165, 1.54) is 0 Å². The number of carbonyl (C=O) groups is 1. The molecule has 0 atom stereocenters. The summed E-state index contributed by atoms with van der Waals surface area (Å²) in [5.41, 5.74) is 0.448. The van der Waals surface area contributed by atoms with Crippen molar-refractivity contribution in [3.05, 3.63) is 37.5 Å². The summed E-state index contributed by atoms with van der Waals surface area (Å²) >= 11 is 0. The number of carbonyl (C=O) groups excluding carboxylic acids is 1. The summed E-state index contributed by atoms with van der Waals surface area (Å²) in [6.45, 7) is 12.5. The summed E-state index contributed by atoms with van der Waals surface area (Å²) in [4.78, 5) is 11.1. The highest BCUT2D eigenvalue weighted by Crippen LogP contribution is 2.03. The minimum atomic E-state index is -0.695. The van der Waals surface area contributed by atoms with Crippen LogP contribution in [-0.2, 0) is 9.53 Å². The molecular weight excluding hydrogens is 192 g/mol. The SMILES string of the molecule is C=CC[Si](CC=C)COC(=O)C(=C)C. The first-order valence-electron chi connectivity index (χ1n) is 4.49. The van der Waals surface area contributed by atoms with Crippen molar-refractivity contribution in [1.82, 2.24) is 0 Å². The van der Waals surface area contributed by atoms with Crippen molar-refractivity contribution in [1.29, 1.82) is 0 Å². The molecule has 0 unspecified atom stereocenters. The summed E-state index contributed by atoms with van der Waals surface area (Å²) in [7, 11) is -0.695. The molecule has 0 aromatic heterocycles. The Morgan fingerprint density at radius 3 is 2.21 bits per heavy atom. The lowest BCUT2D eigenvalue weighted by Crippen LogP contribution is -2.22. The van der Waals surface area contributed by atoms with Crippen molar-refractivity contribution in [2.75, 3.05) is 6.23 Å². The van der Waals surface area contributed by atoms with Gasteiger partial charge in [0.1, 0.15) is 8.80 Å². The minimum Gasteiger partial charge on any atom is -0.466 e. The van der Waals surface area contributed by atoms with Crippen molar-refractivity contribution in [2.24, 2.45) is 0 Å². The van der Waals surface area contributed by atoms with Crippen LogP contribution in [0.4, 0.5) is 0 Å². The molecule has 77 valence electrons. The first-order valence-corrected chi connectivity index (χ1v) is 6.62. The molecule has 0 spiro atoms. The molecule has 0 heterocycles. The number of allylic oxidation sites excluding steroid dienone is 2. The van der Waals surface area contributed by atoms with Gasteiger partial charge in [-0.2, -0.15) is 0 Å². The van der Waals surface area contributed by atoms with Gasteiger partial charge in [0.25, 0.3) is 0 Å². The monoisotopic (exact) mass is 209 g/mol. The lowest BCUT2D eigenvalue weighted by molar-refractivity contribution is -0.137. The molecule has 0 aromatic carbocycles. The van der Waals surface area contributed by atoms with Crippen molar-refractivity contribution in [3.63, 3.8) is 0 Å². The van der Waals surface area contributed by atoms with Crippen LogP contribution in [0.15, 0.2) is 37.5 Å². The van der Waals surface area contributed by atoms with Crippen LogP contribution in [0.5, 0.6) is 0 Å². The van der Waals surface area contributed by atoms with E-state index in [9.17, 15) is 4.79 Å². The number of hydrogen-bond donors (Lipinski definition) is 0. The van der Waals surface area contributed by atoms with Gasteiger partial charge in [-0.25, -0.2) is 4.79 Å². The quantitative estimate of drug-likeness (QED) is 0.279. The molecule has 1 radical (unpaired) electrons. The van der Waals surface area contributed by atoms with Gasteiger partial charge in [0.05, 0.1) is 6.23 Å². The van der Waals surface area contributed by atoms with Gasteiger partial charge in [0.15, 0.2) is 0 Å². The number of hydrogen-bond acceptors (Lipinski definition) is 2. The van der Waals surface area contributed by atoms with Gasteiger partial charge in [-0.1, -0.05) is 18.7 Å². The Balaban J connectivity index is 3.91. The van der Waals surface area contributed by atoms with E-state index >= 15 is 0 Å². The summed E-state index contributed by atoms with van der Waals surface area (Å²) in [6.07, 6.45) is 4.24. The summed E-state index contributed by atoms with van der Waals surface area (Å²) < 4.78 is 5.08. The standard InChI is InChI=1S/C11H17O2Si/c1-5-7-14(8-6-2)9-13-11(12)10(3)4/h5-6H,1-3,7-9H2,4H3. The summed E-state index contributed by atoms with van der Waals surface area (Å²) in [6, 6.07) is 1.86. The smallest absolute Gasteiger partial charge is 0.332 e. The molecule has 0 N–H and O–H groups in total. The zero-order valence-corrected chi connectivity index (χ0v) is 9.71. The van der Waals surface area contributed by atoms with Crippen LogP contribution < -0.4 is 0 Å². The molecule has 0 aliphatic heterocycles. The Kier molecular flexibility index (Phi) is 6.75. The molecule has 14 heavy (non-hydrogen) atoms. The maximum Gasteiger partial charge on any atom is 0.332 e. The molecule has 0 bridgehead atoms. The molecule has 0 saturated carbocycles. The topological polar surface area (TPSA) is 26.3 Å². The highest BCUT2D eigenvalue weighted by molar-refractivity contribution is 6.59. The Hall–Kier alpha value is -1.09. The molecule has 0 aliphatic carbocycles. The van der Waals surface area contributed by atoms with Crippen molar-refractivity contribution < 1.29 is 9.53 Å². The van der Waals surface area contributed by atoms with Crippen LogP contribution in [0.25, 0.3) is 0 Å². The maximum absolute atomic E-state index is 11.1. The largest absolute Gasteiger partial charge is 0.466 e. The average Bonchev–Trinajstić information content (AvgIpc) is 2.14. The maximum atomic E-state index is 11.1. The first-order chi connectivity index (χ1) is 6.61. The van der Waals surface area contributed by atoms with E-state index in [0.29, 0.717) is 11.8 Å². The molecule has 0 rings (SSSR count). The van der Waals surface area contributed by atoms with Crippen LogP contribution in [0, 0.1) is 0 Å². The first kappa shape index (κ1) is 12.9. The normalized spacial score (nSPS) is 9.57. The third-order valence-electron chi connectivity index (χ3n) is 1.62. The van der Waals surface area contributed by atoms with Gasteiger partial charge in [-0.05, 0) is 19.0 Å². The zero-order valence-electron chi connectivity index (χ0n) is 8.71. The molecular formula is C11H17O2Si. The predicted molar refractivity (Wildman–Crippen MR) is 61.5 cm³/mol. The summed E-state index contributed by atoms with van der Waals surface area (Å²) in [5, 5.41) is 0. The fourth-order valence-electron chi connectivity index (χ4n) is 0.900. The lowest BCUT2D eigenvalue weighted by atomic mass is 10.4. The fourth-order valence-corrected chi connectivity index (χ4v) is 2.45. The van der Waals surface area contributed by atoms with Crippen LogP contribution in [0.1, 0.15) is 6.92 Å². The predicted octanol–water partition coefficient (Wildman–Crippen LogP) is 2.51. The number of rotatable bonds is 7. The second-order valence-electron chi connectivity index (χ2n) is 3.09. The van der Waals surface area contributed by atoms with E-state index in [2.05, 4.69) is 19.7 Å². The van der Waals surface area contributed by atoms with Gasteiger partial charge < -0.3 is 4.74 Å². The molecule has 0 saturated heterocycles. The van der Waals surface area contributed by atoms with Gasteiger partial charge in [0, 0.05) is 5.57 Å². The molecule has 0 aromatic rings. The average molecular weight is 209 g/mol. The zero-order chi connectivity index (χ0) is 11.0. The third-order valence-corrected chi connectivity index (χ3v) is 3.91. The van der Waals surface area contributed by atoms with Gasteiger partial charge in [0.2, 0.25) is 0 Å². The number of esters is 1. The lowest BCUT2D eigenvalue weighted by Gasteiger charge is -2.11. The number of ether oxygens (including phenoxy) is 1. The van der Waals surface area contributed by atoms with Crippen molar-refractivity contribution >= 4 is 14.8 Å². The molecule has 0 fully saturated rings. The van der Waals surface area contributed by atoms with E-state index in [1.54, 1.807) is 6.92 Å². The molecule has 3 heteroatoms. The summed E-state index contributed by atoms with van der Waals surface area (Å²) in [5.74, 6) is -0.305. The van der Waals surface area contributed by atoms with Crippen molar-refractivity contribution in [3.8, 4) is 0 Å². The Bertz CT molecular complexity index is 223. The van der Waals surface area contributed by atoms with E-state index in [-0.39, 0.29) is 5.97 Å². The van der Waals surface area contributed by atoms with E-state index < -0.39 is 8.80 Å². The second kappa shape index (κ2) is 7.32. The highest BCUT2D eigenvalue weighted by atomic mass is 28.3. The van der Waals surface area contributed by atoms with E-state index in [0.717, 1.165) is 12.1 Å². The van der Waals surface area contributed by atoms with Crippen molar-refractivity contribution in [2.45, 2.75) is 19.0 Å². The Labute approximate surface area is 87.6 Å². The van der Waals surface area contributed by atoms with E-state index in [4.69, 9.17) is 4.74 Å². The van der Waals surface area contributed by atoms with Crippen LogP contribution in [-0.4, -0.2) is 21.0 Å². The molecule has 0 aliphatic rings. The molecule has 0 amide bonds. The van der Waals surface area contributed by atoms with Gasteiger partial charge in [-0.3, -0.25) is 0 Å². The fraction of sp³-hybridized carbons (Fsp3) is 0.364. The highest BCUT2D eigenvalue weighted by Gasteiger charge is 2.11. The van der Waals surface area contributed by atoms with Gasteiger partial charge >= 0.3 is 5.97 Å². The third kappa shape index (κ3) is 5.53. The van der Waals surface area contributed by atoms with Crippen LogP contribution in [0.2, 0.25) is 12.1 Å². The molecule has 2 nitrogen and oxygen atoms in total. The van der Waals surface area contributed by atoms with Crippen LogP contribution in [0.3, 0.4) is 0 Å². The second-order valence-corrected chi connectivity index (χ2v) is 5.70. The van der Waals surface area contributed by atoms with Gasteiger partial charge in [-0.15, -0.1) is 13.2 Å². The minimum absolute atomic E-state index is 0.305. The Morgan fingerprint density at radius 1 is 1.36 bits per heavy atom. The van der Waals surface area contributed by atoms with Crippen LogP contribution >= 0.6 is 0 Å².